The quantitative estimate of drug-likeness (QED) is 0.709. The Morgan fingerprint density at radius 2 is 1.69 bits per heavy atom. The Bertz CT molecular complexity index is 905. The number of anilines is 1. The Labute approximate surface area is 156 Å². The van der Waals surface area contributed by atoms with Crippen molar-refractivity contribution in [3.8, 4) is 11.3 Å². The van der Waals surface area contributed by atoms with Crippen LogP contribution >= 0.6 is 11.6 Å². The second kappa shape index (κ2) is 7.17. The SMILES string of the molecule is O=C(c1ccc(-c2ccccc2Cl)o1)N1CCN(c2ncccn2)CC1. The Morgan fingerprint density at radius 3 is 2.42 bits per heavy atom. The number of rotatable bonds is 3. The topological polar surface area (TPSA) is 62.5 Å². The normalized spacial score (nSPS) is 14.5. The third-order valence-corrected chi connectivity index (χ3v) is 4.69. The van der Waals surface area contributed by atoms with Crippen LogP contribution in [0.1, 0.15) is 10.6 Å². The molecule has 1 fully saturated rings. The molecule has 0 atom stereocenters. The molecule has 4 rings (SSSR count). The van der Waals surface area contributed by atoms with Crippen molar-refractivity contribution in [1.29, 1.82) is 0 Å². The molecule has 3 aromatic rings. The highest BCUT2D eigenvalue weighted by Crippen LogP contribution is 2.29. The van der Waals surface area contributed by atoms with Gasteiger partial charge >= 0.3 is 0 Å². The van der Waals surface area contributed by atoms with Crippen molar-refractivity contribution in [2.24, 2.45) is 0 Å². The van der Waals surface area contributed by atoms with Gasteiger partial charge in [0.2, 0.25) is 5.95 Å². The Morgan fingerprint density at radius 1 is 0.962 bits per heavy atom. The monoisotopic (exact) mass is 368 g/mol. The molecule has 1 saturated heterocycles. The van der Waals surface area contributed by atoms with E-state index in [4.69, 9.17) is 16.0 Å². The Balaban J connectivity index is 1.44. The highest BCUT2D eigenvalue weighted by molar-refractivity contribution is 6.33. The number of furan rings is 1. The summed E-state index contributed by atoms with van der Waals surface area (Å²) in [6.45, 7) is 2.57. The van der Waals surface area contributed by atoms with E-state index in [2.05, 4.69) is 14.9 Å². The number of hydrogen-bond acceptors (Lipinski definition) is 5. The van der Waals surface area contributed by atoms with Crippen molar-refractivity contribution in [2.45, 2.75) is 0 Å². The summed E-state index contributed by atoms with van der Waals surface area (Å²) in [5.41, 5.74) is 0.777. The average Bonchev–Trinajstić information content (AvgIpc) is 3.18. The summed E-state index contributed by atoms with van der Waals surface area (Å²) in [6, 6.07) is 12.7. The highest BCUT2D eigenvalue weighted by atomic mass is 35.5. The summed E-state index contributed by atoms with van der Waals surface area (Å²) in [6.07, 6.45) is 3.44. The van der Waals surface area contributed by atoms with E-state index in [-0.39, 0.29) is 5.91 Å². The van der Waals surface area contributed by atoms with Crippen molar-refractivity contribution in [2.75, 3.05) is 31.1 Å². The molecule has 0 bridgehead atoms. The Kier molecular flexibility index (Phi) is 4.58. The van der Waals surface area contributed by atoms with E-state index in [1.165, 1.54) is 0 Å². The summed E-state index contributed by atoms with van der Waals surface area (Å²) >= 11 is 6.20. The predicted molar refractivity (Wildman–Crippen MR) is 99.3 cm³/mol. The molecule has 6 nitrogen and oxygen atoms in total. The van der Waals surface area contributed by atoms with Crippen LogP contribution in [0.15, 0.2) is 59.3 Å². The third-order valence-electron chi connectivity index (χ3n) is 4.36. The van der Waals surface area contributed by atoms with Crippen molar-refractivity contribution < 1.29 is 9.21 Å². The minimum Gasteiger partial charge on any atom is -0.451 e. The van der Waals surface area contributed by atoms with Gasteiger partial charge in [-0.2, -0.15) is 0 Å². The maximum atomic E-state index is 12.7. The van der Waals surface area contributed by atoms with Gasteiger partial charge in [0.15, 0.2) is 5.76 Å². The van der Waals surface area contributed by atoms with Gasteiger partial charge in [-0.1, -0.05) is 23.7 Å². The van der Waals surface area contributed by atoms with Crippen LogP contribution in [0.5, 0.6) is 0 Å². The fourth-order valence-corrected chi connectivity index (χ4v) is 3.21. The number of benzene rings is 1. The summed E-state index contributed by atoms with van der Waals surface area (Å²) < 4.78 is 5.76. The zero-order valence-corrected chi connectivity index (χ0v) is 14.8. The Hall–Kier alpha value is -2.86. The lowest BCUT2D eigenvalue weighted by molar-refractivity contribution is 0.0715. The van der Waals surface area contributed by atoms with Crippen LogP contribution < -0.4 is 4.90 Å². The van der Waals surface area contributed by atoms with Gasteiger partial charge in [0.1, 0.15) is 5.76 Å². The molecule has 1 aromatic carbocycles. The number of piperazine rings is 1. The standard InChI is InChI=1S/C19H17ClN4O2/c20-15-5-2-1-4-14(15)16-6-7-17(26-16)18(25)23-10-12-24(13-11-23)19-21-8-3-9-22-19/h1-9H,10-13H2. The van der Waals surface area contributed by atoms with Crippen molar-refractivity contribution in [1.82, 2.24) is 14.9 Å². The zero-order valence-electron chi connectivity index (χ0n) is 14.0. The molecule has 26 heavy (non-hydrogen) atoms. The van der Waals surface area contributed by atoms with E-state index >= 15 is 0 Å². The fraction of sp³-hybridized carbons (Fsp3) is 0.211. The number of carbonyl (C=O) groups excluding carboxylic acids is 1. The lowest BCUT2D eigenvalue weighted by atomic mass is 10.2. The molecule has 132 valence electrons. The van der Waals surface area contributed by atoms with Crippen molar-refractivity contribution in [3.05, 3.63) is 65.6 Å². The highest BCUT2D eigenvalue weighted by Gasteiger charge is 2.25. The number of amides is 1. The molecule has 0 unspecified atom stereocenters. The molecule has 1 amide bonds. The number of hydrogen-bond donors (Lipinski definition) is 0. The number of aromatic nitrogens is 2. The summed E-state index contributed by atoms with van der Waals surface area (Å²) in [5, 5.41) is 0.595. The van der Waals surface area contributed by atoms with E-state index in [1.54, 1.807) is 41.6 Å². The van der Waals surface area contributed by atoms with E-state index < -0.39 is 0 Å². The fourth-order valence-electron chi connectivity index (χ4n) is 2.98. The summed E-state index contributed by atoms with van der Waals surface area (Å²) in [4.78, 5) is 25.1. The first-order chi connectivity index (χ1) is 12.7. The largest absolute Gasteiger partial charge is 0.451 e. The molecular weight excluding hydrogens is 352 g/mol. The van der Waals surface area contributed by atoms with Gasteiger partial charge in [-0.05, 0) is 30.3 Å². The molecule has 0 saturated carbocycles. The molecule has 0 spiro atoms. The second-order valence-electron chi connectivity index (χ2n) is 5.97. The van der Waals surface area contributed by atoms with Gasteiger partial charge in [0.25, 0.3) is 5.91 Å². The maximum Gasteiger partial charge on any atom is 0.289 e. The number of carbonyl (C=O) groups is 1. The smallest absolute Gasteiger partial charge is 0.289 e. The van der Waals surface area contributed by atoms with E-state index in [1.807, 2.05) is 18.2 Å². The average molecular weight is 369 g/mol. The van der Waals surface area contributed by atoms with Crippen LogP contribution in [0.25, 0.3) is 11.3 Å². The van der Waals surface area contributed by atoms with Gasteiger partial charge < -0.3 is 14.2 Å². The molecule has 3 heterocycles. The van der Waals surface area contributed by atoms with Gasteiger partial charge in [0.05, 0.1) is 5.02 Å². The van der Waals surface area contributed by atoms with E-state index in [9.17, 15) is 4.79 Å². The van der Waals surface area contributed by atoms with Crippen LogP contribution in [-0.4, -0.2) is 47.0 Å². The lowest BCUT2D eigenvalue weighted by Gasteiger charge is -2.34. The molecular formula is C19H17ClN4O2. The van der Waals surface area contributed by atoms with Gasteiger partial charge in [0, 0.05) is 44.1 Å². The first-order valence-electron chi connectivity index (χ1n) is 8.38. The van der Waals surface area contributed by atoms with E-state index in [0.29, 0.717) is 48.7 Å². The molecule has 1 aliphatic rings. The molecule has 2 aromatic heterocycles. The predicted octanol–water partition coefficient (Wildman–Crippen LogP) is 3.35. The number of halogens is 1. The lowest BCUT2D eigenvalue weighted by Crippen LogP contribution is -2.49. The maximum absolute atomic E-state index is 12.7. The van der Waals surface area contributed by atoms with Gasteiger partial charge in [-0.15, -0.1) is 0 Å². The second-order valence-corrected chi connectivity index (χ2v) is 6.38. The van der Waals surface area contributed by atoms with Crippen LogP contribution in [0, 0.1) is 0 Å². The van der Waals surface area contributed by atoms with Crippen molar-refractivity contribution >= 4 is 23.5 Å². The minimum atomic E-state index is -0.114. The molecule has 0 radical (unpaired) electrons. The first-order valence-corrected chi connectivity index (χ1v) is 8.76. The van der Waals surface area contributed by atoms with E-state index in [0.717, 1.165) is 5.56 Å². The van der Waals surface area contributed by atoms with Crippen molar-refractivity contribution in [3.63, 3.8) is 0 Å². The molecule has 1 aliphatic heterocycles. The zero-order chi connectivity index (χ0) is 17.9. The third kappa shape index (κ3) is 3.28. The number of nitrogens with zero attached hydrogens (tertiary/aromatic N) is 4. The van der Waals surface area contributed by atoms with Crippen LogP contribution in [0.4, 0.5) is 5.95 Å². The molecule has 0 aliphatic carbocycles. The molecule has 7 heteroatoms. The summed E-state index contributed by atoms with van der Waals surface area (Å²) in [7, 11) is 0. The minimum absolute atomic E-state index is 0.114. The molecule has 0 N–H and O–H groups in total. The van der Waals surface area contributed by atoms with Gasteiger partial charge in [-0.25, -0.2) is 9.97 Å². The van der Waals surface area contributed by atoms with Crippen LogP contribution in [0.2, 0.25) is 5.02 Å². The summed E-state index contributed by atoms with van der Waals surface area (Å²) in [5.74, 6) is 1.50. The van der Waals surface area contributed by atoms with Gasteiger partial charge in [-0.3, -0.25) is 4.79 Å². The van der Waals surface area contributed by atoms with Crippen LogP contribution in [0.3, 0.4) is 0 Å². The van der Waals surface area contributed by atoms with Crippen LogP contribution in [-0.2, 0) is 0 Å². The first kappa shape index (κ1) is 16.6.